The molecule has 0 radical (unpaired) electrons. The van der Waals surface area contributed by atoms with E-state index in [0.717, 1.165) is 11.5 Å². The van der Waals surface area contributed by atoms with Crippen LogP contribution in [0.4, 0.5) is 0 Å². The molecule has 4 saturated carbocycles. The maximum atomic E-state index is 12.7. The number of sulfonamides is 1. The Kier molecular flexibility index (Phi) is 4.24. The van der Waals surface area contributed by atoms with Crippen LogP contribution in [0.3, 0.4) is 0 Å². The summed E-state index contributed by atoms with van der Waals surface area (Å²) in [6, 6.07) is 9.71. The van der Waals surface area contributed by atoms with Crippen LogP contribution in [0.2, 0.25) is 0 Å². The first-order chi connectivity index (χ1) is 11.5. The van der Waals surface area contributed by atoms with Crippen molar-refractivity contribution in [3.05, 3.63) is 35.9 Å². The van der Waals surface area contributed by atoms with Crippen molar-refractivity contribution in [3.8, 4) is 0 Å². The molecule has 1 N–H and O–H groups in total. The zero-order valence-electron chi connectivity index (χ0n) is 14.6. The van der Waals surface area contributed by atoms with Gasteiger partial charge in [-0.05, 0) is 67.3 Å². The second kappa shape index (κ2) is 6.14. The third kappa shape index (κ3) is 3.15. The molecule has 5 rings (SSSR count). The van der Waals surface area contributed by atoms with E-state index in [1.807, 2.05) is 30.3 Å². The summed E-state index contributed by atoms with van der Waals surface area (Å²) in [6.45, 7) is 2.29. The minimum atomic E-state index is -3.26. The number of hydrogen-bond donors (Lipinski definition) is 1. The molecular formula is C20H29NO2S. The monoisotopic (exact) mass is 347 g/mol. The Morgan fingerprint density at radius 1 is 1.08 bits per heavy atom. The van der Waals surface area contributed by atoms with Gasteiger partial charge in [0.1, 0.15) is 0 Å². The van der Waals surface area contributed by atoms with Gasteiger partial charge in [-0.25, -0.2) is 13.1 Å². The Balaban J connectivity index is 1.48. The van der Waals surface area contributed by atoms with Crippen LogP contribution >= 0.6 is 0 Å². The van der Waals surface area contributed by atoms with Crippen LogP contribution in [-0.2, 0) is 15.8 Å². The topological polar surface area (TPSA) is 46.2 Å². The van der Waals surface area contributed by atoms with Crippen LogP contribution in [0, 0.1) is 23.2 Å². The van der Waals surface area contributed by atoms with Crippen LogP contribution < -0.4 is 4.72 Å². The molecule has 4 aliphatic carbocycles. The van der Waals surface area contributed by atoms with Gasteiger partial charge >= 0.3 is 0 Å². The third-order valence-electron chi connectivity index (χ3n) is 6.70. The number of hydrogen-bond acceptors (Lipinski definition) is 2. The summed E-state index contributed by atoms with van der Waals surface area (Å²) in [5, 5.41) is 0. The van der Waals surface area contributed by atoms with E-state index < -0.39 is 10.0 Å². The standard InChI is InChI=1S/C20H29NO2S/c1-2-8-20-11-16-9-17(12-20)19(18(10-16)13-20)21-24(22,23)14-15-6-4-3-5-7-15/h3-7,16-19,21H,2,8-14H2,1H3. The van der Waals surface area contributed by atoms with Crippen LogP contribution in [0.25, 0.3) is 0 Å². The minimum absolute atomic E-state index is 0.104. The number of benzene rings is 1. The lowest BCUT2D eigenvalue weighted by atomic mass is 9.47. The van der Waals surface area contributed by atoms with Crippen molar-refractivity contribution in [1.82, 2.24) is 4.72 Å². The summed E-state index contributed by atoms with van der Waals surface area (Å²) in [7, 11) is -3.26. The first-order valence-corrected chi connectivity index (χ1v) is 11.2. The second-order valence-corrected chi connectivity index (χ2v) is 10.4. The predicted molar refractivity (Wildman–Crippen MR) is 96.9 cm³/mol. The van der Waals surface area contributed by atoms with E-state index >= 15 is 0 Å². The zero-order valence-corrected chi connectivity index (χ0v) is 15.4. The number of nitrogens with one attached hydrogen (secondary N) is 1. The molecule has 0 heterocycles. The predicted octanol–water partition coefficient (Wildman–Crippen LogP) is 4.10. The van der Waals surface area contributed by atoms with Crippen LogP contribution in [0.5, 0.6) is 0 Å². The molecule has 4 aliphatic rings. The molecule has 0 aromatic heterocycles. The van der Waals surface area contributed by atoms with Crippen molar-refractivity contribution >= 4 is 10.0 Å². The molecule has 4 bridgehead atoms. The van der Waals surface area contributed by atoms with Gasteiger partial charge < -0.3 is 0 Å². The van der Waals surface area contributed by atoms with Gasteiger partial charge in [-0.3, -0.25) is 0 Å². The molecule has 4 heteroatoms. The van der Waals surface area contributed by atoms with Crippen molar-refractivity contribution in [2.24, 2.45) is 23.2 Å². The molecule has 0 amide bonds. The molecule has 132 valence electrons. The summed E-state index contributed by atoms with van der Waals surface area (Å²) < 4.78 is 28.5. The molecule has 2 atom stereocenters. The molecule has 0 aliphatic heterocycles. The largest absolute Gasteiger partial charge is 0.216 e. The minimum Gasteiger partial charge on any atom is -0.212 e. The molecule has 3 nitrogen and oxygen atoms in total. The lowest BCUT2D eigenvalue weighted by Crippen LogP contribution is -2.59. The molecular weight excluding hydrogens is 318 g/mol. The second-order valence-electron chi connectivity index (χ2n) is 8.61. The third-order valence-corrected chi connectivity index (χ3v) is 8.04. The normalized spacial score (nSPS) is 37.7. The molecule has 2 unspecified atom stereocenters. The first kappa shape index (κ1) is 16.6. The molecule has 1 aromatic carbocycles. The summed E-state index contributed by atoms with van der Waals surface area (Å²) in [5.41, 5.74) is 1.41. The van der Waals surface area contributed by atoms with E-state index in [-0.39, 0.29) is 11.8 Å². The fourth-order valence-corrected chi connectivity index (χ4v) is 7.78. The highest BCUT2D eigenvalue weighted by atomic mass is 32.2. The quantitative estimate of drug-likeness (QED) is 0.842. The van der Waals surface area contributed by atoms with Gasteiger partial charge in [-0.1, -0.05) is 43.7 Å². The summed E-state index contributed by atoms with van der Waals surface area (Å²) >= 11 is 0. The van der Waals surface area contributed by atoms with Crippen molar-refractivity contribution < 1.29 is 8.42 Å². The Hall–Kier alpha value is -0.870. The molecule has 0 saturated heterocycles. The van der Waals surface area contributed by atoms with Gasteiger partial charge in [0.05, 0.1) is 5.75 Å². The average molecular weight is 348 g/mol. The Morgan fingerprint density at radius 2 is 1.75 bits per heavy atom. The van der Waals surface area contributed by atoms with E-state index in [0.29, 0.717) is 17.3 Å². The lowest BCUT2D eigenvalue weighted by molar-refractivity contribution is -0.0752. The van der Waals surface area contributed by atoms with Crippen LogP contribution in [0.1, 0.15) is 57.4 Å². The Labute approximate surface area is 146 Å². The van der Waals surface area contributed by atoms with Gasteiger partial charge in [-0.15, -0.1) is 0 Å². The van der Waals surface area contributed by atoms with Gasteiger partial charge in [0, 0.05) is 6.04 Å². The molecule has 24 heavy (non-hydrogen) atoms. The van der Waals surface area contributed by atoms with Gasteiger partial charge in [0.25, 0.3) is 0 Å². The van der Waals surface area contributed by atoms with Gasteiger partial charge in [0.15, 0.2) is 0 Å². The van der Waals surface area contributed by atoms with Crippen molar-refractivity contribution in [3.63, 3.8) is 0 Å². The fraction of sp³-hybridized carbons (Fsp3) is 0.700. The highest BCUT2D eigenvalue weighted by Crippen LogP contribution is 2.61. The highest BCUT2D eigenvalue weighted by molar-refractivity contribution is 7.88. The van der Waals surface area contributed by atoms with Gasteiger partial charge in [-0.2, -0.15) is 0 Å². The number of rotatable bonds is 6. The first-order valence-electron chi connectivity index (χ1n) is 9.52. The van der Waals surface area contributed by atoms with E-state index in [1.54, 1.807) is 0 Å². The van der Waals surface area contributed by atoms with E-state index in [9.17, 15) is 8.42 Å². The summed E-state index contributed by atoms with van der Waals surface area (Å²) in [6.07, 6.45) is 8.95. The van der Waals surface area contributed by atoms with Crippen molar-refractivity contribution in [2.45, 2.75) is 63.7 Å². The van der Waals surface area contributed by atoms with Crippen molar-refractivity contribution in [2.75, 3.05) is 0 Å². The van der Waals surface area contributed by atoms with Crippen molar-refractivity contribution in [1.29, 1.82) is 0 Å². The van der Waals surface area contributed by atoms with Crippen LogP contribution in [0.15, 0.2) is 30.3 Å². The maximum Gasteiger partial charge on any atom is 0.216 e. The van der Waals surface area contributed by atoms with E-state index in [1.165, 1.54) is 44.9 Å². The lowest BCUT2D eigenvalue weighted by Gasteiger charge is -2.60. The summed E-state index contributed by atoms with van der Waals surface area (Å²) in [4.78, 5) is 0. The Morgan fingerprint density at radius 3 is 2.38 bits per heavy atom. The van der Waals surface area contributed by atoms with Crippen LogP contribution in [-0.4, -0.2) is 14.5 Å². The van der Waals surface area contributed by atoms with E-state index in [2.05, 4.69) is 11.6 Å². The fourth-order valence-electron chi connectivity index (χ4n) is 6.26. The summed E-state index contributed by atoms with van der Waals surface area (Å²) in [5.74, 6) is 2.08. The molecule has 4 fully saturated rings. The Bertz CT molecular complexity index is 669. The smallest absolute Gasteiger partial charge is 0.212 e. The van der Waals surface area contributed by atoms with Gasteiger partial charge in [0.2, 0.25) is 10.0 Å². The SMILES string of the molecule is CCCC12CC3CC(C1)C(NS(=O)(=O)Cc1ccccc1)C(C3)C2. The maximum absolute atomic E-state index is 12.7. The molecule has 0 spiro atoms. The molecule has 1 aromatic rings. The zero-order chi connectivity index (χ0) is 16.8. The highest BCUT2D eigenvalue weighted by Gasteiger charge is 2.55. The van der Waals surface area contributed by atoms with E-state index in [4.69, 9.17) is 0 Å². The average Bonchev–Trinajstić information content (AvgIpc) is 2.51.